The van der Waals surface area contributed by atoms with Crippen molar-refractivity contribution in [1.29, 1.82) is 0 Å². The minimum atomic E-state index is -0.139. The fourth-order valence-electron chi connectivity index (χ4n) is 1.33. The Morgan fingerprint density at radius 1 is 1.60 bits per heavy atom. The van der Waals surface area contributed by atoms with Crippen molar-refractivity contribution in [3.05, 3.63) is 0 Å². The molecule has 0 N–H and O–H groups in total. The third-order valence-corrected chi connectivity index (χ3v) is 2.07. The van der Waals surface area contributed by atoms with Crippen LogP contribution in [0.3, 0.4) is 0 Å². The van der Waals surface area contributed by atoms with Gasteiger partial charge in [0.25, 0.3) is 0 Å². The predicted molar refractivity (Wildman–Crippen MR) is 38.9 cm³/mol. The summed E-state index contributed by atoms with van der Waals surface area (Å²) in [5.74, 6) is 0. The predicted octanol–water partition coefficient (Wildman–Crippen LogP) is 1.53. The van der Waals surface area contributed by atoms with Gasteiger partial charge in [0, 0.05) is 13.0 Å². The molecule has 10 heavy (non-hydrogen) atoms. The van der Waals surface area contributed by atoms with E-state index in [4.69, 9.17) is 4.74 Å². The average Bonchev–Trinajstić information content (AvgIpc) is 1.89. The Morgan fingerprint density at radius 2 is 2.40 bits per heavy atom. The second-order valence-corrected chi connectivity index (χ2v) is 3.13. The molecule has 1 atom stereocenters. The summed E-state index contributed by atoms with van der Waals surface area (Å²) in [6, 6.07) is 0. The summed E-state index contributed by atoms with van der Waals surface area (Å²) in [5.41, 5.74) is -0.139. The van der Waals surface area contributed by atoms with E-state index < -0.39 is 0 Å². The van der Waals surface area contributed by atoms with Gasteiger partial charge in [-0.15, -0.1) is 0 Å². The molecule has 0 aromatic rings. The quantitative estimate of drug-likeness (QED) is 0.546. The van der Waals surface area contributed by atoms with Crippen molar-refractivity contribution in [2.45, 2.75) is 38.2 Å². The lowest BCUT2D eigenvalue weighted by atomic mass is 9.93. The van der Waals surface area contributed by atoms with Crippen LogP contribution in [0.5, 0.6) is 0 Å². The Hall–Kier alpha value is -0.370. The SMILES string of the molecule is C[C@]1(CC=O)CCCCO1. The van der Waals surface area contributed by atoms with Gasteiger partial charge in [0.2, 0.25) is 0 Å². The maximum atomic E-state index is 10.2. The van der Waals surface area contributed by atoms with Gasteiger partial charge in [0.05, 0.1) is 5.60 Å². The lowest BCUT2D eigenvalue weighted by Crippen LogP contribution is -2.32. The van der Waals surface area contributed by atoms with Crippen molar-refractivity contribution in [2.24, 2.45) is 0 Å². The monoisotopic (exact) mass is 142 g/mol. The molecule has 0 radical (unpaired) electrons. The van der Waals surface area contributed by atoms with E-state index in [1.54, 1.807) is 0 Å². The van der Waals surface area contributed by atoms with E-state index in [9.17, 15) is 4.79 Å². The first-order valence-electron chi connectivity index (χ1n) is 3.84. The van der Waals surface area contributed by atoms with Gasteiger partial charge < -0.3 is 9.53 Å². The van der Waals surface area contributed by atoms with Crippen molar-refractivity contribution < 1.29 is 9.53 Å². The number of carbonyl (C=O) groups is 1. The van der Waals surface area contributed by atoms with Crippen molar-refractivity contribution in [3.63, 3.8) is 0 Å². The fourth-order valence-corrected chi connectivity index (χ4v) is 1.33. The molecule has 0 unspecified atom stereocenters. The largest absolute Gasteiger partial charge is 0.375 e. The molecule has 0 aliphatic carbocycles. The molecular formula is C8H14O2. The van der Waals surface area contributed by atoms with E-state index in [0.29, 0.717) is 6.42 Å². The minimum Gasteiger partial charge on any atom is -0.375 e. The highest BCUT2D eigenvalue weighted by Gasteiger charge is 2.26. The van der Waals surface area contributed by atoms with Crippen LogP contribution in [0.15, 0.2) is 0 Å². The summed E-state index contributed by atoms with van der Waals surface area (Å²) in [6.07, 6.45) is 4.88. The Balaban J connectivity index is 2.39. The summed E-state index contributed by atoms with van der Waals surface area (Å²) in [6.45, 7) is 2.84. The number of ether oxygens (including phenoxy) is 1. The van der Waals surface area contributed by atoms with Crippen LogP contribution in [0, 0.1) is 0 Å². The van der Waals surface area contributed by atoms with Crippen LogP contribution < -0.4 is 0 Å². The molecule has 1 saturated heterocycles. The Morgan fingerprint density at radius 3 is 2.90 bits per heavy atom. The van der Waals surface area contributed by atoms with Gasteiger partial charge in [-0.2, -0.15) is 0 Å². The fraction of sp³-hybridized carbons (Fsp3) is 0.875. The first kappa shape index (κ1) is 7.73. The Labute approximate surface area is 61.6 Å². The van der Waals surface area contributed by atoms with Crippen molar-refractivity contribution in [2.75, 3.05) is 6.61 Å². The molecule has 0 amide bonds. The number of aldehydes is 1. The summed E-state index contributed by atoms with van der Waals surface area (Å²) in [7, 11) is 0. The third kappa shape index (κ3) is 1.81. The number of hydrogen-bond acceptors (Lipinski definition) is 2. The highest BCUT2D eigenvalue weighted by Crippen LogP contribution is 2.26. The van der Waals surface area contributed by atoms with E-state index in [1.807, 2.05) is 6.92 Å². The van der Waals surface area contributed by atoms with Crippen molar-refractivity contribution in [3.8, 4) is 0 Å². The topological polar surface area (TPSA) is 26.3 Å². The summed E-state index contributed by atoms with van der Waals surface area (Å²) < 4.78 is 5.47. The summed E-state index contributed by atoms with van der Waals surface area (Å²) in [4.78, 5) is 10.2. The minimum absolute atomic E-state index is 0.139. The molecule has 0 aromatic heterocycles. The maximum Gasteiger partial charge on any atom is 0.122 e. The Bertz CT molecular complexity index is 114. The molecule has 0 aromatic carbocycles. The molecule has 58 valence electrons. The zero-order valence-corrected chi connectivity index (χ0v) is 6.43. The molecule has 1 aliphatic heterocycles. The lowest BCUT2D eigenvalue weighted by Gasteiger charge is -2.31. The normalized spacial score (nSPS) is 33.7. The smallest absolute Gasteiger partial charge is 0.122 e. The van der Waals surface area contributed by atoms with Gasteiger partial charge in [-0.1, -0.05) is 0 Å². The molecule has 0 spiro atoms. The van der Waals surface area contributed by atoms with Gasteiger partial charge in [0.1, 0.15) is 6.29 Å². The zero-order valence-electron chi connectivity index (χ0n) is 6.43. The van der Waals surface area contributed by atoms with Crippen LogP contribution in [0.2, 0.25) is 0 Å². The molecule has 2 nitrogen and oxygen atoms in total. The van der Waals surface area contributed by atoms with E-state index >= 15 is 0 Å². The van der Waals surface area contributed by atoms with Gasteiger partial charge in [-0.05, 0) is 26.2 Å². The van der Waals surface area contributed by atoms with Gasteiger partial charge >= 0.3 is 0 Å². The second-order valence-electron chi connectivity index (χ2n) is 3.13. The number of rotatable bonds is 2. The molecule has 2 heteroatoms. The average molecular weight is 142 g/mol. The van der Waals surface area contributed by atoms with Gasteiger partial charge in [-0.3, -0.25) is 0 Å². The number of carbonyl (C=O) groups excluding carboxylic acids is 1. The first-order chi connectivity index (χ1) is 4.77. The van der Waals surface area contributed by atoms with Gasteiger partial charge in [-0.25, -0.2) is 0 Å². The van der Waals surface area contributed by atoms with Gasteiger partial charge in [0.15, 0.2) is 0 Å². The summed E-state index contributed by atoms with van der Waals surface area (Å²) >= 11 is 0. The molecular weight excluding hydrogens is 128 g/mol. The van der Waals surface area contributed by atoms with Crippen LogP contribution in [-0.4, -0.2) is 18.5 Å². The second kappa shape index (κ2) is 3.15. The van der Waals surface area contributed by atoms with E-state index in [0.717, 1.165) is 25.7 Å². The molecule has 0 bridgehead atoms. The van der Waals surface area contributed by atoms with E-state index in [-0.39, 0.29) is 5.60 Å². The number of hydrogen-bond donors (Lipinski definition) is 0. The van der Waals surface area contributed by atoms with Crippen molar-refractivity contribution >= 4 is 6.29 Å². The standard InChI is InChI=1S/C8H14O2/c1-8(5-6-9)4-2-3-7-10-8/h6H,2-5,7H2,1H3/t8-/m1/s1. The maximum absolute atomic E-state index is 10.2. The molecule has 1 heterocycles. The lowest BCUT2D eigenvalue weighted by molar-refractivity contribution is -0.118. The summed E-state index contributed by atoms with van der Waals surface area (Å²) in [5, 5.41) is 0. The highest BCUT2D eigenvalue weighted by atomic mass is 16.5. The zero-order chi connectivity index (χ0) is 7.45. The van der Waals surface area contributed by atoms with Crippen molar-refractivity contribution in [1.82, 2.24) is 0 Å². The first-order valence-corrected chi connectivity index (χ1v) is 3.84. The molecule has 1 rings (SSSR count). The Kier molecular flexibility index (Phi) is 2.44. The van der Waals surface area contributed by atoms with E-state index in [2.05, 4.69) is 0 Å². The van der Waals surface area contributed by atoms with Crippen LogP contribution >= 0.6 is 0 Å². The third-order valence-electron chi connectivity index (χ3n) is 2.07. The van der Waals surface area contributed by atoms with Crippen LogP contribution in [0.25, 0.3) is 0 Å². The molecule has 1 fully saturated rings. The molecule has 0 saturated carbocycles. The molecule has 1 aliphatic rings. The van der Waals surface area contributed by atoms with Crippen LogP contribution in [0.1, 0.15) is 32.6 Å². The van der Waals surface area contributed by atoms with E-state index in [1.165, 1.54) is 6.42 Å². The van der Waals surface area contributed by atoms with Crippen LogP contribution in [-0.2, 0) is 9.53 Å². The van der Waals surface area contributed by atoms with Crippen LogP contribution in [0.4, 0.5) is 0 Å². The highest BCUT2D eigenvalue weighted by molar-refractivity contribution is 5.51.